The van der Waals surface area contributed by atoms with Gasteiger partial charge < -0.3 is 10.5 Å². The third-order valence-corrected chi connectivity index (χ3v) is 3.77. The molecule has 0 bridgehead atoms. The lowest BCUT2D eigenvalue weighted by Gasteiger charge is -2.31. The molecule has 0 atom stereocenters. The van der Waals surface area contributed by atoms with Crippen molar-refractivity contribution < 1.29 is 14.9 Å². The molecule has 1 aliphatic rings. The number of hydrogen-bond acceptors (Lipinski definition) is 6. The van der Waals surface area contributed by atoms with Crippen LogP contribution in [0.4, 0.5) is 0 Å². The van der Waals surface area contributed by atoms with Crippen molar-refractivity contribution in [1.29, 1.82) is 0 Å². The molecule has 2 rings (SSSR count). The van der Waals surface area contributed by atoms with E-state index in [-0.39, 0.29) is 11.3 Å². The van der Waals surface area contributed by atoms with Gasteiger partial charge in [-0.25, -0.2) is 0 Å². The summed E-state index contributed by atoms with van der Waals surface area (Å²) in [5.74, 6) is -0.688. The Labute approximate surface area is 128 Å². The van der Waals surface area contributed by atoms with E-state index in [0.717, 1.165) is 5.06 Å². The molecule has 1 fully saturated rings. The van der Waals surface area contributed by atoms with Crippen LogP contribution in [-0.2, 0) is 0 Å². The Morgan fingerprint density at radius 1 is 1.23 bits per heavy atom. The number of ketones is 1. The van der Waals surface area contributed by atoms with Gasteiger partial charge in [0.2, 0.25) is 0 Å². The van der Waals surface area contributed by atoms with Crippen molar-refractivity contribution in [2.45, 2.75) is 38.9 Å². The van der Waals surface area contributed by atoms with Crippen LogP contribution >= 0.6 is 0 Å². The summed E-state index contributed by atoms with van der Waals surface area (Å²) in [5.41, 5.74) is -2.24. The number of nitro groups is 1. The highest BCUT2D eigenvalue weighted by Crippen LogP contribution is 2.37. The zero-order valence-electron chi connectivity index (χ0n) is 13.0. The van der Waals surface area contributed by atoms with Crippen LogP contribution in [0.1, 0.15) is 38.1 Å². The average molecular weight is 305 g/mol. The summed E-state index contributed by atoms with van der Waals surface area (Å²) in [7, 11) is 0. The predicted molar refractivity (Wildman–Crippen MR) is 79.7 cm³/mol. The van der Waals surface area contributed by atoms with Gasteiger partial charge in [0.25, 0.3) is 5.78 Å². The van der Waals surface area contributed by atoms with Crippen LogP contribution in [0.5, 0.6) is 0 Å². The molecule has 1 aliphatic heterocycles. The highest BCUT2D eigenvalue weighted by molar-refractivity contribution is 6.07. The van der Waals surface area contributed by atoms with Crippen molar-refractivity contribution in [1.82, 2.24) is 10.4 Å². The summed E-state index contributed by atoms with van der Waals surface area (Å²) in [6.07, 6.45) is 0. The van der Waals surface area contributed by atoms with Crippen LogP contribution in [0.15, 0.2) is 41.7 Å². The van der Waals surface area contributed by atoms with Gasteiger partial charge in [-0.1, -0.05) is 30.3 Å². The molecule has 0 aromatic heterocycles. The molecule has 0 amide bonds. The van der Waals surface area contributed by atoms with Gasteiger partial charge in [-0.2, -0.15) is 5.06 Å². The molecular weight excluding hydrogens is 286 g/mol. The Hall–Kier alpha value is -2.25. The smallest absolute Gasteiger partial charge is 0.337 e. The van der Waals surface area contributed by atoms with Crippen LogP contribution in [0.25, 0.3) is 0 Å². The summed E-state index contributed by atoms with van der Waals surface area (Å²) < 4.78 is 0. The van der Waals surface area contributed by atoms with Gasteiger partial charge in [0, 0.05) is 5.56 Å². The van der Waals surface area contributed by atoms with Gasteiger partial charge in [-0.3, -0.25) is 14.9 Å². The quantitative estimate of drug-likeness (QED) is 0.384. The van der Waals surface area contributed by atoms with E-state index in [4.69, 9.17) is 0 Å². The SMILES string of the molecule is CC1(C)N/C(=C(\C(=O)c2ccccc2)[N+](=O)[O-])C(C)(C)N1O. The van der Waals surface area contributed by atoms with E-state index in [9.17, 15) is 20.1 Å². The summed E-state index contributed by atoms with van der Waals surface area (Å²) in [6.45, 7) is 6.58. The maximum Gasteiger partial charge on any atom is 0.337 e. The number of nitrogens with zero attached hydrogens (tertiary/aromatic N) is 2. The Morgan fingerprint density at radius 3 is 2.18 bits per heavy atom. The molecule has 7 nitrogen and oxygen atoms in total. The molecule has 0 aliphatic carbocycles. The minimum atomic E-state index is -1.09. The van der Waals surface area contributed by atoms with Gasteiger partial charge in [0.1, 0.15) is 11.4 Å². The van der Waals surface area contributed by atoms with E-state index in [1.165, 1.54) is 12.1 Å². The van der Waals surface area contributed by atoms with Gasteiger partial charge in [-0.15, -0.1) is 0 Å². The van der Waals surface area contributed by atoms with Crippen molar-refractivity contribution in [3.8, 4) is 0 Å². The van der Waals surface area contributed by atoms with Crippen molar-refractivity contribution in [3.63, 3.8) is 0 Å². The van der Waals surface area contributed by atoms with Crippen molar-refractivity contribution >= 4 is 5.78 Å². The second kappa shape index (κ2) is 5.19. The van der Waals surface area contributed by atoms with Crippen LogP contribution in [0.3, 0.4) is 0 Å². The number of rotatable bonds is 3. The second-order valence-corrected chi connectivity index (χ2v) is 6.23. The van der Waals surface area contributed by atoms with E-state index >= 15 is 0 Å². The zero-order valence-corrected chi connectivity index (χ0v) is 13.0. The molecule has 1 aromatic carbocycles. The minimum absolute atomic E-state index is 0.0962. The summed E-state index contributed by atoms with van der Waals surface area (Å²) in [5, 5.41) is 25.6. The molecule has 22 heavy (non-hydrogen) atoms. The van der Waals surface area contributed by atoms with E-state index in [2.05, 4.69) is 5.32 Å². The number of allylic oxidation sites excluding steroid dienone is 1. The fourth-order valence-electron chi connectivity index (χ4n) is 2.68. The zero-order chi connectivity index (χ0) is 16.7. The maximum absolute atomic E-state index is 12.5. The molecule has 0 unspecified atom stereocenters. The maximum atomic E-state index is 12.5. The fraction of sp³-hybridized carbons (Fsp3) is 0.400. The Kier molecular flexibility index (Phi) is 3.80. The lowest BCUT2D eigenvalue weighted by atomic mass is 9.97. The Morgan fingerprint density at radius 2 is 1.77 bits per heavy atom. The first-order chi connectivity index (χ1) is 10.1. The van der Waals surface area contributed by atoms with E-state index < -0.39 is 27.6 Å². The fourth-order valence-corrected chi connectivity index (χ4v) is 2.68. The average Bonchev–Trinajstić information content (AvgIpc) is 2.60. The van der Waals surface area contributed by atoms with Gasteiger partial charge in [-0.05, 0) is 27.7 Å². The second-order valence-electron chi connectivity index (χ2n) is 6.23. The number of nitrogens with one attached hydrogen (secondary N) is 1. The number of hydroxylamine groups is 2. The van der Waals surface area contributed by atoms with Crippen LogP contribution in [0, 0.1) is 10.1 Å². The standard InChI is InChI=1S/C15H19N3O4/c1-14(2)13(16-15(3,4)18(14)22)11(17(20)21)12(19)10-8-6-5-7-9-10/h5-9,16,22H,1-4H3/b13-11+. The largest absolute Gasteiger partial charge is 0.362 e. The summed E-state index contributed by atoms with van der Waals surface area (Å²) in [4.78, 5) is 23.3. The van der Waals surface area contributed by atoms with Crippen LogP contribution in [-0.4, -0.2) is 32.2 Å². The Balaban J connectivity index is 2.62. The summed E-state index contributed by atoms with van der Waals surface area (Å²) >= 11 is 0. The van der Waals surface area contributed by atoms with Crippen LogP contribution < -0.4 is 5.32 Å². The molecule has 0 radical (unpaired) electrons. The first kappa shape index (κ1) is 16.1. The molecule has 0 saturated carbocycles. The van der Waals surface area contributed by atoms with E-state index in [1.54, 1.807) is 45.9 Å². The lowest BCUT2D eigenvalue weighted by Crippen LogP contribution is -2.48. The number of Topliss-reactive ketones (excluding diaryl/α,β-unsaturated/α-hetero) is 1. The molecule has 0 spiro atoms. The highest BCUT2D eigenvalue weighted by atomic mass is 16.6. The number of hydrogen-bond donors (Lipinski definition) is 2. The molecule has 2 N–H and O–H groups in total. The summed E-state index contributed by atoms with van der Waals surface area (Å²) in [6, 6.07) is 8.06. The van der Waals surface area contributed by atoms with Crippen LogP contribution in [0.2, 0.25) is 0 Å². The first-order valence-corrected chi connectivity index (χ1v) is 6.85. The molecule has 1 heterocycles. The predicted octanol–water partition coefficient (Wildman–Crippen LogP) is 2.17. The normalized spacial score (nSPS) is 22.0. The Bertz CT molecular complexity index is 650. The van der Waals surface area contributed by atoms with Gasteiger partial charge in [0.15, 0.2) is 0 Å². The van der Waals surface area contributed by atoms with Crippen molar-refractivity contribution in [2.24, 2.45) is 0 Å². The third kappa shape index (κ3) is 2.49. The van der Waals surface area contributed by atoms with Gasteiger partial charge in [0.05, 0.1) is 10.5 Å². The first-order valence-electron chi connectivity index (χ1n) is 6.85. The van der Waals surface area contributed by atoms with Crippen molar-refractivity contribution in [2.75, 3.05) is 0 Å². The van der Waals surface area contributed by atoms with E-state index in [0.29, 0.717) is 0 Å². The molecular formula is C15H19N3O4. The molecule has 7 heteroatoms. The molecule has 1 aromatic rings. The minimum Gasteiger partial charge on any atom is -0.362 e. The lowest BCUT2D eigenvalue weighted by molar-refractivity contribution is -0.418. The number of benzene rings is 1. The molecule has 1 saturated heterocycles. The molecule has 118 valence electrons. The monoisotopic (exact) mass is 305 g/mol. The van der Waals surface area contributed by atoms with Crippen molar-refractivity contribution in [3.05, 3.63) is 57.4 Å². The van der Waals surface area contributed by atoms with E-state index in [1.807, 2.05) is 0 Å². The topological polar surface area (TPSA) is 95.7 Å². The number of carbonyl (C=O) groups is 1. The number of carbonyl (C=O) groups excluding carboxylic acids is 1. The van der Waals surface area contributed by atoms with Gasteiger partial charge >= 0.3 is 5.70 Å². The highest BCUT2D eigenvalue weighted by Gasteiger charge is 2.52. The third-order valence-electron chi connectivity index (χ3n) is 3.77.